The number of carboxylic acids is 1. The molecule has 5 rings (SSSR count). The second-order valence-corrected chi connectivity index (χ2v) is 19.3. The number of aliphatic carboxylic acids is 1. The van der Waals surface area contributed by atoms with Crippen molar-refractivity contribution in [2.75, 3.05) is 12.0 Å². The first-order chi connectivity index (χ1) is 33.8. The summed E-state index contributed by atoms with van der Waals surface area (Å²) in [5, 5.41) is 26.6. The van der Waals surface area contributed by atoms with Crippen LogP contribution in [0, 0.1) is 5.92 Å². The Morgan fingerprint density at radius 2 is 1.32 bits per heavy atom. The number of carboxylic acid groups (broad SMARTS) is 1. The SMILES string of the molecule is CSCC[C@H](NC(=O)[C@H](Cc1c[nH]c2ccccc12)NC(=O)C[C@@H]1CCCC[C@@H]1NC(=O)[C@H](Cc1ccc(OS(=O)(=O)O)cc1)NC(C)=O)C(=O)N[C@@H](CC(=O)O)C(=O)N[C@@H](Cc1ccccc1)C(N)=O. The number of benzene rings is 3. The van der Waals surface area contributed by atoms with Crippen LogP contribution in [0.2, 0.25) is 0 Å². The van der Waals surface area contributed by atoms with Gasteiger partial charge < -0.3 is 51.9 Å². The van der Waals surface area contributed by atoms with Crippen LogP contribution in [0.3, 0.4) is 0 Å². The molecule has 0 unspecified atom stereocenters. The largest absolute Gasteiger partial charge is 0.481 e. The molecule has 21 nitrogen and oxygen atoms in total. The average molecular weight is 1020 g/mol. The van der Waals surface area contributed by atoms with Gasteiger partial charge in [0.2, 0.25) is 41.4 Å². The van der Waals surface area contributed by atoms with Crippen molar-refractivity contribution in [3.8, 4) is 5.75 Å². The summed E-state index contributed by atoms with van der Waals surface area (Å²) >= 11 is 1.37. The molecule has 0 aliphatic heterocycles. The topological polar surface area (TPSA) is 334 Å². The highest BCUT2D eigenvalue weighted by atomic mass is 32.3. The fourth-order valence-electron chi connectivity index (χ4n) is 8.42. The lowest BCUT2D eigenvalue weighted by Gasteiger charge is -2.33. The number of nitrogens with two attached hydrogens (primary N) is 1. The molecular formula is C48H60N8O13S2. The number of aromatic amines is 1. The van der Waals surface area contributed by atoms with E-state index in [1.807, 2.05) is 24.3 Å². The van der Waals surface area contributed by atoms with Crippen LogP contribution in [0.25, 0.3) is 10.9 Å². The molecule has 0 saturated heterocycles. The number of primary amides is 1. The fourth-order valence-corrected chi connectivity index (χ4v) is 9.24. The molecule has 0 spiro atoms. The highest BCUT2D eigenvalue weighted by Crippen LogP contribution is 2.28. The summed E-state index contributed by atoms with van der Waals surface area (Å²) in [6, 6.07) is 14.5. The summed E-state index contributed by atoms with van der Waals surface area (Å²) in [6.45, 7) is 1.25. The molecule has 1 aliphatic carbocycles. The number of para-hydroxylation sites is 1. The predicted octanol–water partition coefficient (Wildman–Crippen LogP) is 1.60. The molecule has 1 aliphatic rings. The van der Waals surface area contributed by atoms with Gasteiger partial charge in [-0.05, 0) is 72.1 Å². The van der Waals surface area contributed by atoms with Crippen LogP contribution in [0.15, 0.2) is 85.1 Å². The standard InChI is InChI=1S/C48H60N8O13S2/c1-28(57)51-39(23-30-16-18-33(19-17-30)69-71(66,67)68)46(63)53-35-14-8-6-12-31(35)25-42(58)52-40(24-32-27-50-36-15-9-7-13-34(32)36)47(64)54-37(20-21-70-2)45(62)56-41(26-43(59)60)48(65)55-38(44(49)61)22-29-10-4-3-5-11-29/h3-5,7,9-11,13,15-19,27,31,35,37-41,50H,6,8,12,14,20-26H2,1-2H3,(H2,49,61)(H,51,57)(H,52,58)(H,53,63)(H,54,64)(H,55,65)(H,56,62)(H,59,60)(H,66,67,68)/t31-,35-,37-,38-,39-,40-,41-/m0/s1. The third kappa shape index (κ3) is 17.7. The molecule has 7 amide bonds. The third-order valence-corrected chi connectivity index (χ3v) is 12.9. The zero-order valence-corrected chi connectivity index (χ0v) is 40.8. The van der Waals surface area contributed by atoms with Gasteiger partial charge in [0.15, 0.2) is 0 Å². The first kappa shape index (κ1) is 55.0. The number of rotatable bonds is 26. The van der Waals surface area contributed by atoms with Gasteiger partial charge in [0.1, 0.15) is 36.0 Å². The van der Waals surface area contributed by atoms with E-state index in [2.05, 4.69) is 41.1 Å². The number of aromatic nitrogens is 1. The number of fused-ring (bicyclic) bond motifs is 1. The van der Waals surface area contributed by atoms with Gasteiger partial charge in [-0.25, -0.2) is 0 Å². The van der Waals surface area contributed by atoms with Crippen LogP contribution < -0.4 is 41.8 Å². The van der Waals surface area contributed by atoms with Crippen molar-refractivity contribution in [3.63, 3.8) is 0 Å². The summed E-state index contributed by atoms with van der Waals surface area (Å²) in [5.41, 5.74) is 8.24. The Bertz CT molecular complexity index is 2630. The number of carbonyl (C=O) groups is 8. The number of carbonyl (C=O) groups excluding carboxylic acids is 7. The molecule has 0 bridgehead atoms. The molecule has 3 aromatic carbocycles. The molecule has 7 atom stereocenters. The van der Waals surface area contributed by atoms with Crippen molar-refractivity contribution < 1.29 is 60.6 Å². The molecule has 23 heteroatoms. The fraction of sp³-hybridized carbons (Fsp3) is 0.417. The van der Waals surface area contributed by atoms with Gasteiger partial charge in [-0.3, -0.25) is 42.9 Å². The van der Waals surface area contributed by atoms with Gasteiger partial charge in [-0.2, -0.15) is 20.2 Å². The highest BCUT2D eigenvalue weighted by Gasteiger charge is 2.35. The van der Waals surface area contributed by atoms with E-state index < -0.39 is 106 Å². The van der Waals surface area contributed by atoms with E-state index in [-0.39, 0.29) is 37.9 Å². The van der Waals surface area contributed by atoms with E-state index in [1.54, 1.807) is 42.8 Å². The number of hydrogen-bond acceptors (Lipinski definition) is 12. The van der Waals surface area contributed by atoms with Crippen molar-refractivity contribution in [3.05, 3.63) is 102 Å². The van der Waals surface area contributed by atoms with Gasteiger partial charge in [0, 0.05) is 55.7 Å². The number of nitrogens with one attached hydrogen (secondary N) is 7. The van der Waals surface area contributed by atoms with Crippen LogP contribution in [0.4, 0.5) is 0 Å². The monoisotopic (exact) mass is 1020 g/mol. The quantitative estimate of drug-likeness (QED) is 0.0400. The zero-order valence-electron chi connectivity index (χ0n) is 39.2. The molecule has 1 aromatic heterocycles. The number of H-pyrrole nitrogens is 1. The van der Waals surface area contributed by atoms with E-state index in [1.165, 1.54) is 43.0 Å². The predicted molar refractivity (Wildman–Crippen MR) is 263 cm³/mol. The van der Waals surface area contributed by atoms with Crippen LogP contribution in [0.1, 0.15) is 68.6 Å². The highest BCUT2D eigenvalue weighted by molar-refractivity contribution is 7.98. The van der Waals surface area contributed by atoms with Crippen LogP contribution >= 0.6 is 11.8 Å². The Kier molecular flexibility index (Phi) is 20.3. The molecule has 0 radical (unpaired) electrons. The van der Waals surface area contributed by atoms with Crippen LogP contribution in [-0.2, 0) is 68.0 Å². The zero-order chi connectivity index (χ0) is 51.7. The van der Waals surface area contributed by atoms with E-state index in [4.69, 9.17) is 10.3 Å². The Morgan fingerprint density at radius 3 is 1.99 bits per heavy atom. The average Bonchev–Trinajstić information content (AvgIpc) is 3.72. The molecule has 4 aromatic rings. The van der Waals surface area contributed by atoms with Gasteiger partial charge in [0.05, 0.1) is 6.42 Å². The maximum Gasteiger partial charge on any atom is 0.446 e. The number of amides is 7. The summed E-state index contributed by atoms with van der Waals surface area (Å²) in [5.74, 6) is -6.66. The number of thioether (sulfide) groups is 1. The van der Waals surface area contributed by atoms with E-state index in [9.17, 15) is 51.9 Å². The minimum Gasteiger partial charge on any atom is -0.481 e. The first-order valence-corrected chi connectivity index (χ1v) is 25.7. The smallest absolute Gasteiger partial charge is 0.446 e. The molecule has 1 saturated carbocycles. The normalized spacial score (nSPS) is 16.7. The van der Waals surface area contributed by atoms with Crippen molar-refractivity contribution in [2.24, 2.45) is 11.7 Å². The Labute approximate surface area is 414 Å². The van der Waals surface area contributed by atoms with Crippen molar-refractivity contribution in [2.45, 2.75) is 107 Å². The molecule has 1 fully saturated rings. The first-order valence-electron chi connectivity index (χ1n) is 22.9. The van der Waals surface area contributed by atoms with Gasteiger partial charge in [-0.1, -0.05) is 73.5 Å². The summed E-state index contributed by atoms with van der Waals surface area (Å²) in [4.78, 5) is 110. The lowest BCUT2D eigenvalue weighted by Crippen LogP contribution is -2.59. The van der Waals surface area contributed by atoms with Crippen molar-refractivity contribution >= 4 is 80.4 Å². The van der Waals surface area contributed by atoms with Gasteiger partial charge >= 0.3 is 16.4 Å². The number of hydrogen-bond donors (Lipinski definition) is 10. The van der Waals surface area contributed by atoms with Crippen molar-refractivity contribution in [1.29, 1.82) is 0 Å². The molecule has 11 N–H and O–H groups in total. The lowest BCUT2D eigenvalue weighted by atomic mass is 9.82. The maximum absolute atomic E-state index is 14.4. The van der Waals surface area contributed by atoms with Crippen LogP contribution in [0.5, 0.6) is 5.75 Å². The minimum atomic E-state index is -4.76. The van der Waals surface area contributed by atoms with E-state index >= 15 is 0 Å². The molecular weight excluding hydrogens is 961 g/mol. The van der Waals surface area contributed by atoms with E-state index in [0.717, 1.165) is 23.7 Å². The lowest BCUT2D eigenvalue weighted by molar-refractivity contribution is -0.141. The van der Waals surface area contributed by atoms with Gasteiger partial charge in [-0.15, -0.1) is 0 Å². The second kappa shape index (κ2) is 26.3. The maximum atomic E-state index is 14.4. The second-order valence-electron chi connectivity index (χ2n) is 17.3. The Hall–Kier alpha value is -6.98. The molecule has 382 valence electrons. The van der Waals surface area contributed by atoms with E-state index in [0.29, 0.717) is 35.3 Å². The Balaban J connectivity index is 1.32. The van der Waals surface area contributed by atoms with Crippen molar-refractivity contribution in [1.82, 2.24) is 36.9 Å². The third-order valence-electron chi connectivity index (χ3n) is 11.9. The Morgan fingerprint density at radius 1 is 0.732 bits per heavy atom. The summed E-state index contributed by atoms with van der Waals surface area (Å²) in [7, 11) is -4.76. The molecule has 1 heterocycles. The van der Waals surface area contributed by atoms with Crippen LogP contribution in [-0.4, -0.2) is 119 Å². The summed E-state index contributed by atoms with van der Waals surface area (Å²) in [6.07, 6.45) is 5.10. The minimum absolute atomic E-state index is 0.000252. The summed E-state index contributed by atoms with van der Waals surface area (Å²) < 4.78 is 35.7. The molecule has 71 heavy (non-hydrogen) atoms. The van der Waals surface area contributed by atoms with Gasteiger partial charge in [0.25, 0.3) is 0 Å².